The molecule has 0 aromatic heterocycles. The van der Waals surface area contributed by atoms with E-state index in [0.29, 0.717) is 24.2 Å². The van der Waals surface area contributed by atoms with E-state index in [0.717, 1.165) is 24.8 Å². The van der Waals surface area contributed by atoms with E-state index in [4.69, 9.17) is 9.84 Å². The van der Waals surface area contributed by atoms with Gasteiger partial charge in [-0.15, -0.1) is 0 Å². The van der Waals surface area contributed by atoms with Gasteiger partial charge in [0.05, 0.1) is 18.2 Å². The minimum atomic E-state index is -1.02. The van der Waals surface area contributed by atoms with Gasteiger partial charge in [0.25, 0.3) is 0 Å². The number of carbonyl (C=O) groups excluding carboxylic acids is 2. The van der Waals surface area contributed by atoms with E-state index in [1.54, 1.807) is 15.9 Å². The number of amides is 2. The molecule has 0 saturated heterocycles. The molecule has 3 unspecified atom stereocenters. The van der Waals surface area contributed by atoms with Gasteiger partial charge in [-0.2, -0.15) is 0 Å². The Morgan fingerprint density at radius 2 is 1.89 bits per heavy atom. The summed E-state index contributed by atoms with van der Waals surface area (Å²) in [7, 11) is 0. The van der Waals surface area contributed by atoms with E-state index >= 15 is 0 Å². The van der Waals surface area contributed by atoms with Crippen LogP contribution in [0, 0.1) is 11.7 Å². The first-order valence-corrected chi connectivity index (χ1v) is 12.2. The molecule has 0 radical (unpaired) electrons. The number of anilines is 1. The molecule has 8 heteroatoms. The average Bonchev–Trinajstić information content (AvgIpc) is 3.33. The van der Waals surface area contributed by atoms with Crippen LogP contribution in [0.2, 0.25) is 0 Å². The van der Waals surface area contributed by atoms with Crippen molar-refractivity contribution in [2.45, 2.75) is 64.1 Å². The number of rotatable bonds is 8. The molecular weight excluding hydrogens is 451 g/mol. The molecule has 0 bridgehead atoms. The van der Waals surface area contributed by atoms with Crippen molar-refractivity contribution < 1.29 is 28.6 Å². The summed E-state index contributed by atoms with van der Waals surface area (Å²) >= 11 is 0. The first kappa shape index (κ1) is 24.7. The van der Waals surface area contributed by atoms with Gasteiger partial charge in [-0.25, -0.2) is 9.18 Å². The lowest BCUT2D eigenvalue weighted by molar-refractivity contribution is -0.142. The Balaban J connectivity index is 1.68. The minimum Gasteiger partial charge on any atom is -0.481 e. The van der Waals surface area contributed by atoms with Crippen molar-refractivity contribution in [2.75, 3.05) is 11.4 Å². The number of fused-ring (bicyclic) bond motifs is 2. The number of hydrogen-bond acceptors (Lipinski definition) is 4. The minimum absolute atomic E-state index is 0.0439. The van der Waals surface area contributed by atoms with E-state index in [2.05, 4.69) is 0 Å². The van der Waals surface area contributed by atoms with Gasteiger partial charge in [0.1, 0.15) is 12.4 Å². The zero-order valence-corrected chi connectivity index (χ0v) is 19.9. The third kappa shape index (κ3) is 5.31. The Labute approximate surface area is 204 Å². The molecule has 1 N–H and O–H groups in total. The summed E-state index contributed by atoms with van der Waals surface area (Å²) in [6.07, 6.45) is 2.23. The van der Waals surface area contributed by atoms with Crippen molar-refractivity contribution in [3.05, 3.63) is 65.5 Å². The number of carbonyl (C=O) groups is 3. The molecule has 0 spiro atoms. The predicted molar refractivity (Wildman–Crippen MR) is 128 cm³/mol. The van der Waals surface area contributed by atoms with E-state index in [1.807, 2.05) is 37.3 Å². The van der Waals surface area contributed by atoms with Crippen molar-refractivity contribution in [1.82, 2.24) is 4.90 Å². The Morgan fingerprint density at radius 1 is 1.11 bits per heavy atom. The molecule has 2 aliphatic rings. The average molecular weight is 483 g/mol. The molecule has 186 valence electrons. The molecule has 35 heavy (non-hydrogen) atoms. The SMILES string of the molecule is CCCN(C(=O)CCC(=O)O)C1c2ccc(F)cc2N(C(=O)OCc2ccccc2)C2CCCC12. The second-order valence-electron chi connectivity index (χ2n) is 9.20. The largest absolute Gasteiger partial charge is 0.481 e. The van der Waals surface area contributed by atoms with Gasteiger partial charge in [0.2, 0.25) is 5.91 Å². The maximum Gasteiger partial charge on any atom is 0.414 e. The number of nitrogens with zero attached hydrogens (tertiary/aromatic N) is 2. The lowest BCUT2D eigenvalue weighted by Gasteiger charge is -2.47. The van der Waals surface area contributed by atoms with E-state index in [1.165, 1.54) is 12.1 Å². The topological polar surface area (TPSA) is 87.2 Å². The summed E-state index contributed by atoms with van der Waals surface area (Å²) in [4.78, 5) is 40.9. The second-order valence-corrected chi connectivity index (χ2v) is 9.20. The molecule has 2 aromatic rings. The number of carboxylic acid groups (broad SMARTS) is 1. The van der Waals surface area contributed by atoms with Gasteiger partial charge in [0.15, 0.2) is 0 Å². The fourth-order valence-electron chi connectivity index (χ4n) is 5.48. The van der Waals surface area contributed by atoms with Gasteiger partial charge >= 0.3 is 12.1 Å². The molecule has 2 amide bonds. The summed E-state index contributed by atoms with van der Waals surface area (Å²) in [6.45, 7) is 2.53. The molecule has 4 rings (SSSR count). The van der Waals surface area contributed by atoms with Gasteiger partial charge < -0.3 is 14.7 Å². The van der Waals surface area contributed by atoms with Crippen LogP contribution in [0.15, 0.2) is 48.5 Å². The quantitative estimate of drug-likeness (QED) is 0.552. The van der Waals surface area contributed by atoms with Gasteiger partial charge in [-0.3, -0.25) is 14.5 Å². The molecule has 2 aromatic carbocycles. The van der Waals surface area contributed by atoms with Crippen LogP contribution < -0.4 is 4.90 Å². The molecule has 7 nitrogen and oxygen atoms in total. The highest BCUT2D eigenvalue weighted by atomic mass is 19.1. The van der Waals surface area contributed by atoms with Crippen LogP contribution in [0.25, 0.3) is 0 Å². The fraction of sp³-hybridized carbons (Fsp3) is 0.444. The molecule has 1 saturated carbocycles. The lowest BCUT2D eigenvalue weighted by Crippen LogP contribution is -2.52. The maximum absolute atomic E-state index is 14.4. The molecular formula is C27H31FN2O5. The van der Waals surface area contributed by atoms with Crippen molar-refractivity contribution in [3.8, 4) is 0 Å². The van der Waals surface area contributed by atoms with Crippen LogP contribution in [-0.2, 0) is 20.9 Å². The van der Waals surface area contributed by atoms with Crippen LogP contribution in [0.5, 0.6) is 0 Å². The van der Waals surface area contributed by atoms with E-state index in [-0.39, 0.29) is 43.4 Å². The molecule has 1 fully saturated rings. The Kier molecular flexibility index (Phi) is 7.68. The highest BCUT2D eigenvalue weighted by molar-refractivity contribution is 5.91. The number of benzene rings is 2. The van der Waals surface area contributed by atoms with Gasteiger partial charge in [0, 0.05) is 24.9 Å². The molecule has 1 aliphatic heterocycles. The highest BCUT2D eigenvalue weighted by Gasteiger charge is 2.49. The van der Waals surface area contributed by atoms with Crippen LogP contribution >= 0.6 is 0 Å². The predicted octanol–water partition coefficient (Wildman–Crippen LogP) is 5.30. The number of halogens is 1. The third-order valence-electron chi connectivity index (χ3n) is 6.91. The summed E-state index contributed by atoms with van der Waals surface area (Å²) in [5.41, 5.74) is 1.98. The van der Waals surface area contributed by atoms with Crippen LogP contribution in [0.1, 0.15) is 62.6 Å². The van der Waals surface area contributed by atoms with Crippen molar-refractivity contribution in [3.63, 3.8) is 0 Å². The van der Waals surface area contributed by atoms with E-state index < -0.39 is 17.9 Å². The smallest absolute Gasteiger partial charge is 0.414 e. The lowest BCUT2D eigenvalue weighted by atomic mass is 9.81. The summed E-state index contributed by atoms with van der Waals surface area (Å²) < 4.78 is 20.1. The van der Waals surface area contributed by atoms with Crippen molar-refractivity contribution in [2.24, 2.45) is 5.92 Å². The molecule has 3 atom stereocenters. The monoisotopic (exact) mass is 482 g/mol. The number of aliphatic carboxylic acids is 1. The standard InChI is InChI=1S/C27H31FN2O5/c1-2-15-29(24(31)13-14-25(32)33)26-20-9-6-10-22(20)30(23-16-19(28)11-12-21(23)26)27(34)35-17-18-7-4-3-5-8-18/h3-5,7-8,11-12,16,20,22,26H,2,6,9-10,13-15,17H2,1H3,(H,32,33). The zero-order chi connectivity index (χ0) is 24.9. The Bertz CT molecular complexity index is 1080. The van der Waals surface area contributed by atoms with Crippen LogP contribution in [-0.4, -0.2) is 40.6 Å². The van der Waals surface area contributed by atoms with Crippen molar-refractivity contribution in [1.29, 1.82) is 0 Å². The third-order valence-corrected chi connectivity index (χ3v) is 6.91. The van der Waals surface area contributed by atoms with Crippen molar-refractivity contribution >= 4 is 23.7 Å². The van der Waals surface area contributed by atoms with Crippen LogP contribution in [0.3, 0.4) is 0 Å². The summed E-state index contributed by atoms with van der Waals surface area (Å²) in [5, 5.41) is 9.08. The fourth-order valence-corrected chi connectivity index (χ4v) is 5.48. The summed E-state index contributed by atoms with van der Waals surface area (Å²) in [6, 6.07) is 13.1. The molecule has 1 heterocycles. The number of ether oxygens (including phenoxy) is 1. The Morgan fingerprint density at radius 3 is 2.60 bits per heavy atom. The summed E-state index contributed by atoms with van der Waals surface area (Å²) in [5.74, 6) is -1.77. The first-order chi connectivity index (χ1) is 16.9. The normalized spacial score (nSPS) is 20.6. The zero-order valence-electron chi connectivity index (χ0n) is 19.9. The number of hydrogen-bond donors (Lipinski definition) is 1. The Hall–Kier alpha value is -3.42. The highest BCUT2D eigenvalue weighted by Crippen LogP contribution is 2.50. The molecule has 1 aliphatic carbocycles. The van der Waals surface area contributed by atoms with Gasteiger partial charge in [-0.1, -0.05) is 49.7 Å². The second kappa shape index (κ2) is 10.9. The van der Waals surface area contributed by atoms with E-state index in [9.17, 15) is 18.8 Å². The first-order valence-electron chi connectivity index (χ1n) is 12.2. The maximum atomic E-state index is 14.4. The van der Waals surface area contributed by atoms with Gasteiger partial charge in [-0.05, 0) is 42.5 Å². The van der Waals surface area contributed by atoms with Crippen LogP contribution in [0.4, 0.5) is 14.9 Å². The number of carboxylic acids is 1.